The van der Waals surface area contributed by atoms with Crippen LogP contribution in [-0.4, -0.2) is 77.7 Å². The summed E-state index contributed by atoms with van der Waals surface area (Å²) < 4.78 is 0. The van der Waals surface area contributed by atoms with Crippen LogP contribution < -0.4 is 5.32 Å². The number of carbonyl (C=O) groups is 4. The Morgan fingerprint density at radius 2 is 1.50 bits per heavy atom. The molecule has 0 aromatic heterocycles. The molecule has 0 saturated carbocycles. The summed E-state index contributed by atoms with van der Waals surface area (Å²) >= 11 is 0. The average molecular weight is 400 g/mol. The zero-order valence-electron chi connectivity index (χ0n) is 18.3. The van der Waals surface area contributed by atoms with E-state index in [1.165, 1.54) is 30.8 Å². The number of hydrogen-bond donors (Lipinski definition) is 2. The molecule has 0 spiro atoms. The molecule has 0 aromatic rings. The molecule has 2 N–H and O–H groups in total. The number of aldehydes is 1. The van der Waals surface area contributed by atoms with E-state index < -0.39 is 18.2 Å². The number of nitrogens with one attached hydrogen (secondary N) is 1. The summed E-state index contributed by atoms with van der Waals surface area (Å²) in [4.78, 5) is 51.2. The van der Waals surface area contributed by atoms with Crippen molar-refractivity contribution < 1.29 is 24.3 Å². The van der Waals surface area contributed by atoms with Crippen LogP contribution in [0.5, 0.6) is 0 Å². The summed E-state index contributed by atoms with van der Waals surface area (Å²) in [6, 6.07) is -1.33. The predicted molar refractivity (Wildman–Crippen MR) is 107 cm³/mol. The van der Waals surface area contributed by atoms with E-state index in [4.69, 9.17) is 0 Å². The van der Waals surface area contributed by atoms with Gasteiger partial charge in [-0.05, 0) is 31.6 Å². The predicted octanol–water partition coefficient (Wildman–Crippen LogP) is 0.819. The third-order valence-electron chi connectivity index (χ3n) is 4.34. The van der Waals surface area contributed by atoms with Crippen LogP contribution in [-0.2, 0) is 19.2 Å². The van der Waals surface area contributed by atoms with Gasteiger partial charge < -0.3 is 25.0 Å². The molecule has 0 aliphatic carbocycles. The maximum atomic E-state index is 12.8. The molecule has 0 heterocycles. The fourth-order valence-electron chi connectivity index (χ4n) is 2.81. The number of aliphatic hydroxyl groups is 1. The normalized spacial score (nSPS) is 14.4. The van der Waals surface area contributed by atoms with E-state index in [2.05, 4.69) is 5.32 Å². The lowest BCUT2D eigenvalue weighted by atomic mass is 10.00. The van der Waals surface area contributed by atoms with Crippen LogP contribution >= 0.6 is 0 Å². The van der Waals surface area contributed by atoms with Crippen molar-refractivity contribution in [2.24, 2.45) is 11.8 Å². The number of hydrogen-bond acceptors (Lipinski definition) is 5. The molecule has 162 valence electrons. The van der Waals surface area contributed by atoms with E-state index in [1.807, 2.05) is 27.7 Å². The maximum Gasteiger partial charge on any atom is 0.243 e. The molecule has 8 nitrogen and oxygen atoms in total. The van der Waals surface area contributed by atoms with Crippen molar-refractivity contribution in [3.8, 4) is 0 Å². The van der Waals surface area contributed by atoms with Crippen LogP contribution in [0.1, 0.15) is 53.9 Å². The van der Waals surface area contributed by atoms with Gasteiger partial charge in [-0.2, -0.15) is 0 Å². The lowest BCUT2D eigenvalue weighted by molar-refractivity contribution is -0.144. The standard InChI is InChI=1S/C20H37N3O5/c1-13(2)8-16(12-24)21-20(28)17(9-14(3)4)23(7)19(27)11-22(6)18(26)10-15(5)25/h12-17,25H,8-11H2,1-7H3,(H,21,28)/t15-,16?,17+/m1/s1. The quantitative estimate of drug-likeness (QED) is 0.473. The molecule has 0 aromatic carbocycles. The molecule has 0 aliphatic heterocycles. The lowest BCUT2D eigenvalue weighted by Gasteiger charge is -2.31. The molecule has 28 heavy (non-hydrogen) atoms. The molecule has 0 bridgehead atoms. The zero-order chi connectivity index (χ0) is 22.0. The van der Waals surface area contributed by atoms with Crippen LogP contribution in [0.15, 0.2) is 0 Å². The van der Waals surface area contributed by atoms with Crippen molar-refractivity contribution in [3.05, 3.63) is 0 Å². The van der Waals surface area contributed by atoms with Gasteiger partial charge in [-0.1, -0.05) is 27.7 Å². The summed E-state index contributed by atoms with van der Waals surface area (Å²) in [6.07, 6.45) is 0.822. The number of aliphatic hydroxyl groups excluding tert-OH is 1. The Balaban J connectivity index is 5.15. The number of amides is 3. The van der Waals surface area contributed by atoms with Crippen molar-refractivity contribution >= 4 is 24.0 Å². The van der Waals surface area contributed by atoms with Crippen LogP contribution in [0.25, 0.3) is 0 Å². The van der Waals surface area contributed by atoms with Crippen LogP contribution in [0, 0.1) is 11.8 Å². The summed E-state index contributed by atoms with van der Waals surface area (Å²) in [5, 5.41) is 12.0. The summed E-state index contributed by atoms with van der Waals surface area (Å²) in [5.41, 5.74) is 0. The molecule has 3 atom stereocenters. The van der Waals surface area contributed by atoms with Crippen molar-refractivity contribution in [1.82, 2.24) is 15.1 Å². The Kier molecular flexibility index (Phi) is 11.6. The fourth-order valence-corrected chi connectivity index (χ4v) is 2.81. The molecular formula is C20H37N3O5. The Morgan fingerprint density at radius 3 is 1.93 bits per heavy atom. The molecule has 0 saturated heterocycles. The van der Waals surface area contributed by atoms with E-state index in [0.29, 0.717) is 19.1 Å². The van der Waals surface area contributed by atoms with Crippen molar-refractivity contribution in [3.63, 3.8) is 0 Å². The number of nitrogens with zero attached hydrogens (tertiary/aromatic N) is 2. The second-order valence-corrected chi connectivity index (χ2v) is 8.33. The number of likely N-dealkylation sites (N-methyl/N-ethyl adjacent to an activating group) is 2. The monoisotopic (exact) mass is 399 g/mol. The van der Waals surface area contributed by atoms with Crippen LogP contribution in [0.2, 0.25) is 0 Å². The first kappa shape index (κ1) is 26.0. The second-order valence-electron chi connectivity index (χ2n) is 8.33. The average Bonchev–Trinajstić information content (AvgIpc) is 2.56. The third kappa shape index (κ3) is 9.82. The van der Waals surface area contributed by atoms with Crippen molar-refractivity contribution in [2.45, 2.75) is 72.1 Å². The van der Waals surface area contributed by atoms with Gasteiger partial charge in [0, 0.05) is 14.1 Å². The zero-order valence-corrected chi connectivity index (χ0v) is 18.3. The van der Waals surface area contributed by atoms with E-state index in [0.717, 1.165) is 0 Å². The topological polar surface area (TPSA) is 107 Å². The van der Waals surface area contributed by atoms with E-state index in [1.54, 1.807) is 0 Å². The van der Waals surface area contributed by atoms with Gasteiger partial charge in [0.05, 0.1) is 25.1 Å². The lowest BCUT2D eigenvalue weighted by Crippen LogP contribution is -2.53. The fraction of sp³-hybridized carbons (Fsp3) is 0.800. The summed E-state index contributed by atoms with van der Waals surface area (Å²) in [6.45, 7) is 9.13. The maximum absolute atomic E-state index is 12.8. The minimum absolute atomic E-state index is 0.0698. The minimum Gasteiger partial charge on any atom is -0.393 e. The minimum atomic E-state index is -0.788. The van der Waals surface area contributed by atoms with Crippen molar-refractivity contribution in [1.29, 1.82) is 0 Å². The summed E-state index contributed by atoms with van der Waals surface area (Å²) in [5.74, 6) is -0.707. The van der Waals surface area contributed by atoms with Crippen molar-refractivity contribution in [2.75, 3.05) is 20.6 Å². The first-order chi connectivity index (χ1) is 12.9. The van der Waals surface area contributed by atoms with Gasteiger partial charge in [0.15, 0.2) is 0 Å². The number of carbonyl (C=O) groups excluding carboxylic acids is 4. The summed E-state index contributed by atoms with van der Waals surface area (Å²) in [7, 11) is 3.01. The Morgan fingerprint density at radius 1 is 0.964 bits per heavy atom. The SMILES string of the molecule is CC(C)CC(C=O)NC(=O)[C@H](CC(C)C)N(C)C(=O)CN(C)C(=O)C[C@@H](C)O. The second kappa shape index (κ2) is 12.5. The van der Waals surface area contributed by atoms with Gasteiger partial charge >= 0.3 is 0 Å². The molecule has 1 unspecified atom stereocenters. The smallest absolute Gasteiger partial charge is 0.243 e. The highest BCUT2D eigenvalue weighted by molar-refractivity contribution is 5.91. The first-order valence-electron chi connectivity index (χ1n) is 9.82. The Labute approximate surface area is 168 Å². The molecule has 0 rings (SSSR count). The Hall–Kier alpha value is -1.96. The van der Waals surface area contributed by atoms with Gasteiger partial charge in [-0.3, -0.25) is 14.4 Å². The highest BCUT2D eigenvalue weighted by atomic mass is 16.3. The third-order valence-corrected chi connectivity index (χ3v) is 4.34. The number of rotatable bonds is 12. The highest BCUT2D eigenvalue weighted by Crippen LogP contribution is 2.13. The van der Waals surface area contributed by atoms with Gasteiger partial charge in [0.1, 0.15) is 12.3 Å². The van der Waals surface area contributed by atoms with E-state index in [-0.39, 0.29) is 42.5 Å². The van der Waals surface area contributed by atoms with Gasteiger partial charge in [-0.25, -0.2) is 0 Å². The highest BCUT2D eigenvalue weighted by Gasteiger charge is 2.30. The largest absolute Gasteiger partial charge is 0.393 e. The molecule has 3 amide bonds. The van der Waals surface area contributed by atoms with Crippen LogP contribution in [0.4, 0.5) is 0 Å². The molecular weight excluding hydrogens is 362 g/mol. The van der Waals surface area contributed by atoms with Gasteiger partial charge in [-0.15, -0.1) is 0 Å². The van der Waals surface area contributed by atoms with Gasteiger partial charge in [0.25, 0.3) is 0 Å². The first-order valence-corrected chi connectivity index (χ1v) is 9.82. The molecule has 8 heteroatoms. The molecule has 0 radical (unpaired) electrons. The van der Waals surface area contributed by atoms with Crippen LogP contribution in [0.3, 0.4) is 0 Å². The molecule has 0 fully saturated rings. The van der Waals surface area contributed by atoms with E-state index in [9.17, 15) is 24.3 Å². The Bertz CT molecular complexity index is 534. The van der Waals surface area contributed by atoms with E-state index >= 15 is 0 Å². The molecule has 0 aliphatic rings. The van der Waals surface area contributed by atoms with Gasteiger partial charge in [0.2, 0.25) is 17.7 Å².